The van der Waals surface area contributed by atoms with Gasteiger partial charge in [-0.2, -0.15) is 5.10 Å². The molecule has 39 heavy (non-hydrogen) atoms. The van der Waals surface area contributed by atoms with Crippen LogP contribution in [0, 0.1) is 13.8 Å². The van der Waals surface area contributed by atoms with Gasteiger partial charge in [-0.3, -0.25) is 19.5 Å². The number of nitrogens with one attached hydrogen (secondary N) is 1. The summed E-state index contributed by atoms with van der Waals surface area (Å²) in [5.41, 5.74) is 5.68. The number of hydrogen-bond acceptors (Lipinski definition) is 6. The topological polar surface area (TPSA) is 80.1 Å². The largest absolute Gasteiger partial charge is 0.350 e. The van der Waals surface area contributed by atoms with Gasteiger partial charge in [0.1, 0.15) is 12.4 Å². The summed E-state index contributed by atoms with van der Waals surface area (Å²) in [5, 5.41) is 10.2. The number of thiophene rings is 1. The maximum absolute atomic E-state index is 13.8. The van der Waals surface area contributed by atoms with Gasteiger partial charge in [0.25, 0.3) is 0 Å². The third-order valence-corrected chi connectivity index (χ3v) is 9.24. The average molecular weight is 560 g/mol. The van der Waals surface area contributed by atoms with Crippen LogP contribution in [-0.4, -0.2) is 38.9 Å². The van der Waals surface area contributed by atoms with Gasteiger partial charge >= 0.3 is 0 Å². The Balaban J connectivity index is 1.66. The van der Waals surface area contributed by atoms with Crippen LogP contribution in [0.25, 0.3) is 5.69 Å². The number of fused-ring (bicyclic) bond motifs is 1. The number of hydrogen-bond donors (Lipinski definition) is 1. The second kappa shape index (κ2) is 11.0. The SMILES string of the molecule is Cc1cccc(-n2nc(C(C)(C)C)c3c2N(CC(=O)NCc2cccnc2)C(=O)CSC3c2cccs2)c1C. The van der Waals surface area contributed by atoms with Crippen molar-refractivity contribution in [3.63, 3.8) is 0 Å². The third kappa shape index (κ3) is 5.51. The number of aromatic nitrogens is 3. The number of amides is 2. The molecule has 0 aliphatic carbocycles. The molecule has 1 N–H and O–H groups in total. The quantitative estimate of drug-likeness (QED) is 0.326. The highest BCUT2D eigenvalue weighted by Gasteiger charge is 2.40. The van der Waals surface area contributed by atoms with Crippen LogP contribution in [0.3, 0.4) is 0 Å². The normalized spacial score (nSPS) is 15.7. The van der Waals surface area contributed by atoms with Gasteiger partial charge < -0.3 is 5.32 Å². The molecule has 2 amide bonds. The van der Waals surface area contributed by atoms with Crippen LogP contribution >= 0.6 is 23.1 Å². The highest BCUT2D eigenvalue weighted by Crippen LogP contribution is 2.49. The lowest BCUT2D eigenvalue weighted by Crippen LogP contribution is -2.42. The Labute approximate surface area is 237 Å². The summed E-state index contributed by atoms with van der Waals surface area (Å²) in [6, 6.07) is 14.0. The van der Waals surface area contributed by atoms with Crippen molar-refractivity contribution in [1.82, 2.24) is 20.1 Å². The molecule has 1 atom stereocenters. The van der Waals surface area contributed by atoms with Crippen LogP contribution in [0.4, 0.5) is 5.82 Å². The fourth-order valence-corrected chi connectivity index (χ4v) is 6.95. The van der Waals surface area contributed by atoms with Crippen molar-refractivity contribution in [3.05, 3.63) is 93.1 Å². The standard InChI is InChI=1S/C30H33N5O2S2/c1-19-9-6-11-22(20(19)2)35-29-26(28(33-35)30(3,4)5)27(23-12-8-14-38-23)39-18-25(37)34(29)17-24(36)32-16-21-10-7-13-31-15-21/h6-15,27H,16-18H2,1-5H3,(H,32,36). The maximum Gasteiger partial charge on any atom is 0.240 e. The molecule has 5 rings (SSSR count). The van der Waals surface area contributed by atoms with Crippen molar-refractivity contribution in [1.29, 1.82) is 0 Å². The second-order valence-electron chi connectivity index (χ2n) is 10.8. The summed E-state index contributed by atoms with van der Waals surface area (Å²) in [6.07, 6.45) is 3.43. The van der Waals surface area contributed by atoms with Gasteiger partial charge in [-0.05, 0) is 54.1 Å². The van der Waals surface area contributed by atoms with Crippen LogP contribution in [0.1, 0.15) is 58.8 Å². The summed E-state index contributed by atoms with van der Waals surface area (Å²) in [5.74, 6) is 0.606. The molecule has 4 aromatic rings. The number of pyridine rings is 1. The molecule has 1 aliphatic heterocycles. The predicted molar refractivity (Wildman–Crippen MR) is 159 cm³/mol. The number of carbonyl (C=O) groups excluding carboxylic acids is 2. The molecule has 3 aromatic heterocycles. The Kier molecular flexibility index (Phi) is 7.64. The molecule has 0 spiro atoms. The smallest absolute Gasteiger partial charge is 0.240 e. The van der Waals surface area contributed by atoms with Crippen LogP contribution in [-0.2, 0) is 21.5 Å². The van der Waals surface area contributed by atoms with Gasteiger partial charge in [0.15, 0.2) is 0 Å². The van der Waals surface area contributed by atoms with E-state index < -0.39 is 0 Å². The minimum absolute atomic E-state index is 0.0690. The van der Waals surface area contributed by atoms with E-state index in [2.05, 4.69) is 62.4 Å². The molecule has 1 aliphatic rings. The zero-order valence-electron chi connectivity index (χ0n) is 22.9. The number of rotatable bonds is 6. The molecule has 9 heteroatoms. The first-order valence-electron chi connectivity index (χ1n) is 13.0. The summed E-state index contributed by atoms with van der Waals surface area (Å²) in [7, 11) is 0. The lowest BCUT2D eigenvalue weighted by atomic mass is 9.88. The van der Waals surface area contributed by atoms with Crippen LogP contribution in [0.15, 0.2) is 60.2 Å². The van der Waals surface area contributed by atoms with Gasteiger partial charge in [-0.25, -0.2) is 4.68 Å². The number of aryl methyl sites for hydroxylation is 1. The Hall–Kier alpha value is -3.43. The number of nitrogens with zero attached hydrogens (tertiary/aromatic N) is 4. The summed E-state index contributed by atoms with van der Waals surface area (Å²) < 4.78 is 1.90. The first kappa shape index (κ1) is 27.1. The van der Waals surface area contributed by atoms with Gasteiger partial charge in [-0.1, -0.05) is 45.0 Å². The Morgan fingerprint density at radius 2 is 1.95 bits per heavy atom. The molecule has 1 aromatic carbocycles. The maximum atomic E-state index is 13.8. The van der Waals surface area contributed by atoms with Gasteiger partial charge in [-0.15, -0.1) is 23.1 Å². The van der Waals surface area contributed by atoms with Crippen molar-refractivity contribution in [2.75, 3.05) is 17.2 Å². The first-order valence-corrected chi connectivity index (χ1v) is 14.9. The van der Waals surface area contributed by atoms with E-state index in [0.29, 0.717) is 12.4 Å². The zero-order valence-corrected chi connectivity index (χ0v) is 24.5. The lowest BCUT2D eigenvalue weighted by Gasteiger charge is -2.24. The number of benzene rings is 1. The van der Waals surface area contributed by atoms with Crippen molar-refractivity contribution in [2.24, 2.45) is 0 Å². The van der Waals surface area contributed by atoms with Gasteiger partial charge in [0, 0.05) is 34.8 Å². The van der Waals surface area contributed by atoms with E-state index >= 15 is 0 Å². The number of anilines is 1. The van der Waals surface area contributed by atoms with Gasteiger partial charge in [0.2, 0.25) is 11.8 Å². The van der Waals surface area contributed by atoms with E-state index in [1.807, 2.05) is 35.0 Å². The molecule has 202 valence electrons. The summed E-state index contributed by atoms with van der Waals surface area (Å²) >= 11 is 3.29. The molecule has 4 heterocycles. The molecular formula is C30H33N5O2S2. The molecule has 0 saturated heterocycles. The van der Waals surface area contributed by atoms with E-state index in [0.717, 1.165) is 33.6 Å². The average Bonchev–Trinajstić information content (AvgIpc) is 3.55. The highest BCUT2D eigenvalue weighted by molar-refractivity contribution is 8.00. The molecule has 0 radical (unpaired) electrons. The predicted octanol–water partition coefficient (Wildman–Crippen LogP) is 5.73. The summed E-state index contributed by atoms with van der Waals surface area (Å²) in [4.78, 5) is 34.0. The van der Waals surface area contributed by atoms with Crippen LogP contribution in [0.2, 0.25) is 0 Å². The van der Waals surface area contributed by atoms with E-state index in [1.165, 1.54) is 4.88 Å². The molecular weight excluding hydrogens is 526 g/mol. The van der Waals surface area contributed by atoms with Gasteiger partial charge in [0.05, 0.1) is 22.4 Å². The first-order chi connectivity index (χ1) is 18.6. The third-order valence-electron chi connectivity index (χ3n) is 6.92. The monoisotopic (exact) mass is 559 g/mol. The molecule has 0 saturated carbocycles. The lowest BCUT2D eigenvalue weighted by molar-refractivity contribution is -0.123. The van der Waals surface area contributed by atoms with E-state index in [4.69, 9.17) is 5.10 Å². The Morgan fingerprint density at radius 3 is 2.64 bits per heavy atom. The van der Waals surface area contributed by atoms with Crippen molar-refractivity contribution < 1.29 is 9.59 Å². The van der Waals surface area contributed by atoms with E-state index in [1.54, 1.807) is 40.4 Å². The Morgan fingerprint density at radius 1 is 1.13 bits per heavy atom. The fraction of sp³-hybridized carbons (Fsp3) is 0.333. The minimum atomic E-state index is -0.287. The fourth-order valence-electron chi connectivity index (χ4n) is 4.77. The van der Waals surface area contributed by atoms with Crippen LogP contribution < -0.4 is 10.2 Å². The van der Waals surface area contributed by atoms with Crippen molar-refractivity contribution in [2.45, 2.75) is 51.8 Å². The summed E-state index contributed by atoms with van der Waals surface area (Å²) in [6.45, 7) is 10.8. The molecule has 7 nitrogen and oxygen atoms in total. The molecule has 0 bridgehead atoms. The van der Waals surface area contributed by atoms with E-state index in [9.17, 15) is 9.59 Å². The Bertz CT molecular complexity index is 1490. The zero-order chi connectivity index (χ0) is 27.7. The van der Waals surface area contributed by atoms with E-state index in [-0.39, 0.29) is 34.8 Å². The molecule has 0 fully saturated rings. The van der Waals surface area contributed by atoms with Crippen molar-refractivity contribution >= 4 is 40.7 Å². The van der Waals surface area contributed by atoms with Crippen LogP contribution in [0.5, 0.6) is 0 Å². The van der Waals surface area contributed by atoms with Crippen molar-refractivity contribution in [3.8, 4) is 5.69 Å². The number of carbonyl (C=O) groups is 2. The molecule has 1 unspecified atom stereocenters. The minimum Gasteiger partial charge on any atom is -0.350 e. The second-order valence-corrected chi connectivity index (χ2v) is 12.9. The highest BCUT2D eigenvalue weighted by atomic mass is 32.2. The number of thioether (sulfide) groups is 1.